The van der Waals surface area contributed by atoms with Gasteiger partial charge in [-0.05, 0) is 62.2 Å². The van der Waals surface area contributed by atoms with E-state index in [0.717, 1.165) is 18.4 Å². The molecule has 1 aromatic heterocycles. The molecule has 2 aromatic rings. The average Bonchev–Trinajstić information content (AvgIpc) is 2.86. The van der Waals surface area contributed by atoms with Gasteiger partial charge in [-0.25, -0.2) is 4.39 Å². The van der Waals surface area contributed by atoms with Crippen molar-refractivity contribution < 1.29 is 4.39 Å². The van der Waals surface area contributed by atoms with Crippen molar-refractivity contribution in [3.8, 4) is 0 Å². The summed E-state index contributed by atoms with van der Waals surface area (Å²) in [5.74, 6) is -0.161. The van der Waals surface area contributed by atoms with E-state index in [0.29, 0.717) is 6.04 Å². The van der Waals surface area contributed by atoms with Crippen molar-refractivity contribution in [2.45, 2.75) is 32.7 Å². The lowest BCUT2D eigenvalue weighted by molar-refractivity contribution is 0.595. The van der Waals surface area contributed by atoms with Crippen LogP contribution in [0.4, 0.5) is 4.39 Å². The molecule has 0 amide bonds. The van der Waals surface area contributed by atoms with E-state index in [9.17, 15) is 4.39 Å². The van der Waals surface area contributed by atoms with E-state index in [1.54, 1.807) is 12.1 Å². The maximum absolute atomic E-state index is 13.1. The highest BCUT2D eigenvalue weighted by molar-refractivity contribution is 7.12. The minimum Gasteiger partial charge on any atom is -0.312 e. The van der Waals surface area contributed by atoms with Gasteiger partial charge in [0.2, 0.25) is 0 Å². The number of hydrogen-bond acceptors (Lipinski definition) is 2. The van der Waals surface area contributed by atoms with Gasteiger partial charge in [-0.3, -0.25) is 0 Å². The molecule has 1 N–H and O–H groups in total. The molecule has 0 bridgehead atoms. The third-order valence-corrected chi connectivity index (χ3v) is 4.79. The van der Waals surface area contributed by atoms with E-state index in [1.807, 2.05) is 31.4 Å². The maximum atomic E-state index is 13.1. The van der Waals surface area contributed by atoms with Gasteiger partial charge in [-0.15, -0.1) is 11.3 Å². The van der Waals surface area contributed by atoms with Crippen molar-refractivity contribution in [1.82, 2.24) is 5.32 Å². The smallest absolute Gasteiger partial charge is 0.123 e. The molecule has 0 spiro atoms. The molecule has 1 unspecified atom stereocenters. The first kappa shape index (κ1) is 14.2. The fourth-order valence-corrected chi connectivity index (χ4v) is 3.29. The maximum Gasteiger partial charge on any atom is 0.123 e. The van der Waals surface area contributed by atoms with E-state index >= 15 is 0 Å². The van der Waals surface area contributed by atoms with Crippen molar-refractivity contribution in [2.24, 2.45) is 0 Å². The highest BCUT2D eigenvalue weighted by atomic mass is 32.1. The minimum atomic E-state index is -0.161. The zero-order valence-electron chi connectivity index (χ0n) is 11.7. The van der Waals surface area contributed by atoms with Crippen LogP contribution in [0.5, 0.6) is 0 Å². The third kappa shape index (κ3) is 3.43. The molecule has 3 heteroatoms. The Bertz CT molecular complexity index is 547. The van der Waals surface area contributed by atoms with E-state index in [4.69, 9.17) is 0 Å². The standard InChI is InChI=1S/C16H20FNS/c1-4-14-7-8-16(19-14)15(18-3)10-12-5-6-13(17)9-11(12)2/h5-9,15,18H,4,10H2,1-3H3. The Kier molecular flexibility index (Phi) is 4.72. The van der Waals surface area contributed by atoms with Gasteiger partial charge in [0.1, 0.15) is 5.82 Å². The predicted molar refractivity (Wildman–Crippen MR) is 80.3 cm³/mol. The predicted octanol–water partition coefficient (Wildman–Crippen LogP) is 4.26. The molecule has 0 fully saturated rings. The third-order valence-electron chi connectivity index (χ3n) is 3.45. The number of hydrogen-bond donors (Lipinski definition) is 1. The summed E-state index contributed by atoms with van der Waals surface area (Å²) in [6.07, 6.45) is 1.98. The number of benzene rings is 1. The Hall–Kier alpha value is -1.19. The number of likely N-dealkylation sites (N-methyl/N-ethyl adjacent to an activating group) is 1. The van der Waals surface area contributed by atoms with E-state index in [1.165, 1.54) is 15.3 Å². The molecule has 0 aliphatic heterocycles. The Morgan fingerprint density at radius 3 is 2.63 bits per heavy atom. The van der Waals surface area contributed by atoms with Gasteiger partial charge in [0.25, 0.3) is 0 Å². The van der Waals surface area contributed by atoms with Crippen LogP contribution in [0.2, 0.25) is 0 Å². The van der Waals surface area contributed by atoms with Crippen LogP contribution < -0.4 is 5.32 Å². The van der Waals surface area contributed by atoms with Gasteiger partial charge in [-0.1, -0.05) is 13.0 Å². The van der Waals surface area contributed by atoms with Crippen LogP contribution in [0.15, 0.2) is 30.3 Å². The molecule has 2 rings (SSSR count). The quantitative estimate of drug-likeness (QED) is 0.861. The molecule has 1 heterocycles. The summed E-state index contributed by atoms with van der Waals surface area (Å²) in [5, 5.41) is 3.36. The highest BCUT2D eigenvalue weighted by Crippen LogP contribution is 2.27. The first-order chi connectivity index (χ1) is 9.13. The summed E-state index contributed by atoms with van der Waals surface area (Å²) in [4.78, 5) is 2.76. The Morgan fingerprint density at radius 1 is 1.26 bits per heavy atom. The largest absolute Gasteiger partial charge is 0.312 e. The van der Waals surface area contributed by atoms with Crippen LogP contribution in [-0.4, -0.2) is 7.05 Å². The lowest BCUT2D eigenvalue weighted by Crippen LogP contribution is -2.18. The second-order valence-corrected chi connectivity index (χ2v) is 5.97. The van der Waals surface area contributed by atoms with Crippen LogP contribution in [0, 0.1) is 12.7 Å². The second-order valence-electron chi connectivity index (χ2n) is 4.77. The molecule has 1 nitrogen and oxygen atoms in total. The molecule has 0 saturated heterocycles. The van der Waals surface area contributed by atoms with Crippen LogP contribution in [0.1, 0.15) is 33.8 Å². The van der Waals surface area contributed by atoms with Gasteiger partial charge >= 0.3 is 0 Å². The molecular formula is C16H20FNS. The van der Waals surface area contributed by atoms with Gasteiger partial charge < -0.3 is 5.32 Å². The molecule has 102 valence electrons. The van der Waals surface area contributed by atoms with Crippen molar-refractivity contribution in [1.29, 1.82) is 0 Å². The lowest BCUT2D eigenvalue weighted by Gasteiger charge is -2.16. The van der Waals surface area contributed by atoms with Gasteiger partial charge in [0, 0.05) is 15.8 Å². The molecule has 0 aliphatic rings. The second kappa shape index (κ2) is 6.31. The highest BCUT2D eigenvalue weighted by Gasteiger charge is 2.14. The number of rotatable bonds is 5. The number of nitrogens with one attached hydrogen (secondary N) is 1. The van der Waals surface area contributed by atoms with Gasteiger partial charge in [0.15, 0.2) is 0 Å². The Morgan fingerprint density at radius 2 is 2.05 bits per heavy atom. The van der Waals surface area contributed by atoms with Gasteiger partial charge in [-0.2, -0.15) is 0 Å². The molecule has 1 atom stereocenters. The number of thiophene rings is 1. The van der Waals surface area contributed by atoms with E-state index in [2.05, 4.69) is 24.4 Å². The normalized spacial score (nSPS) is 12.6. The first-order valence-electron chi connectivity index (χ1n) is 6.65. The zero-order valence-corrected chi connectivity index (χ0v) is 12.5. The summed E-state index contributed by atoms with van der Waals surface area (Å²) in [6, 6.07) is 9.73. The Labute approximate surface area is 118 Å². The number of aryl methyl sites for hydroxylation is 2. The van der Waals surface area contributed by atoms with Crippen LogP contribution in [0.25, 0.3) is 0 Å². The fraction of sp³-hybridized carbons (Fsp3) is 0.375. The Balaban J connectivity index is 2.18. The lowest BCUT2D eigenvalue weighted by atomic mass is 10.00. The summed E-state index contributed by atoms with van der Waals surface area (Å²) >= 11 is 1.86. The van der Waals surface area contributed by atoms with E-state index in [-0.39, 0.29) is 5.82 Å². The number of halogens is 1. The molecule has 0 saturated carbocycles. The SMILES string of the molecule is CCc1ccc(C(Cc2ccc(F)cc2C)NC)s1. The van der Waals surface area contributed by atoms with Crippen LogP contribution in [0.3, 0.4) is 0 Å². The average molecular weight is 277 g/mol. The fourth-order valence-electron chi connectivity index (χ4n) is 2.22. The van der Waals surface area contributed by atoms with E-state index < -0.39 is 0 Å². The molecule has 0 radical (unpaired) electrons. The summed E-state index contributed by atoms with van der Waals surface area (Å²) in [6.45, 7) is 4.14. The summed E-state index contributed by atoms with van der Waals surface area (Å²) in [5.41, 5.74) is 2.22. The van der Waals surface area contributed by atoms with Crippen molar-refractivity contribution in [3.63, 3.8) is 0 Å². The topological polar surface area (TPSA) is 12.0 Å². The van der Waals surface area contributed by atoms with Crippen molar-refractivity contribution >= 4 is 11.3 Å². The summed E-state index contributed by atoms with van der Waals surface area (Å²) in [7, 11) is 1.98. The zero-order chi connectivity index (χ0) is 13.8. The summed E-state index contributed by atoms with van der Waals surface area (Å²) < 4.78 is 13.1. The minimum absolute atomic E-state index is 0.161. The van der Waals surface area contributed by atoms with Crippen LogP contribution >= 0.6 is 11.3 Å². The van der Waals surface area contributed by atoms with Crippen LogP contribution in [-0.2, 0) is 12.8 Å². The van der Waals surface area contributed by atoms with Crippen molar-refractivity contribution in [2.75, 3.05) is 7.05 Å². The molecule has 0 aliphatic carbocycles. The van der Waals surface area contributed by atoms with Gasteiger partial charge in [0.05, 0.1) is 0 Å². The molecule has 1 aromatic carbocycles. The molecular weight excluding hydrogens is 257 g/mol. The van der Waals surface area contributed by atoms with Crippen molar-refractivity contribution in [3.05, 3.63) is 57.0 Å². The first-order valence-corrected chi connectivity index (χ1v) is 7.46. The monoisotopic (exact) mass is 277 g/mol. The molecule has 19 heavy (non-hydrogen) atoms.